The van der Waals surface area contributed by atoms with Crippen molar-refractivity contribution in [3.8, 4) is 17.1 Å². The van der Waals surface area contributed by atoms with Gasteiger partial charge in [-0.3, -0.25) is 10.1 Å². The molecule has 0 amide bonds. The molecule has 0 spiro atoms. The molecule has 0 saturated carbocycles. The van der Waals surface area contributed by atoms with Crippen LogP contribution in [0, 0.1) is 10.1 Å². The SMILES string of the molecule is O=[N+]([O-])c1ccc(-[n+]2[nH]nnc2-c2ccccc2)cc1. The first kappa shape index (κ1) is 12.0. The van der Waals surface area contributed by atoms with Crippen molar-refractivity contribution >= 4 is 5.69 Å². The zero-order chi connectivity index (χ0) is 13.9. The molecule has 3 aromatic rings. The van der Waals surface area contributed by atoms with Crippen molar-refractivity contribution in [3.05, 3.63) is 64.7 Å². The van der Waals surface area contributed by atoms with Crippen LogP contribution in [0.1, 0.15) is 0 Å². The van der Waals surface area contributed by atoms with Crippen molar-refractivity contribution < 1.29 is 9.61 Å². The Hall–Kier alpha value is -3.09. The second-order valence-corrected chi connectivity index (χ2v) is 4.10. The van der Waals surface area contributed by atoms with E-state index < -0.39 is 4.92 Å². The predicted molar refractivity (Wildman–Crippen MR) is 70.0 cm³/mol. The summed E-state index contributed by atoms with van der Waals surface area (Å²) in [5.41, 5.74) is 1.67. The molecule has 0 aliphatic carbocycles. The Morgan fingerprint density at radius 3 is 2.40 bits per heavy atom. The fraction of sp³-hybridized carbons (Fsp3) is 0. The van der Waals surface area contributed by atoms with Crippen molar-refractivity contribution in [3.63, 3.8) is 0 Å². The van der Waals surface area contributed by atoms with Crippen LogP contribution in [0.25, 0.3) is 17.1 Å². The topological polar surface area (TPSA) is 88.6 Å². The maximum Gasteiger partial charge on any atom is 0.337 e. The molecule has 0 bridgehead atoms. The van der Waals surface area contributed by atoms with Crippen LogP contribution >= 0.6 is 0 Å². The van der Waals surface area contributed by atoms with Gasteiger partial charge in [-0.25, -0.2) is 0 Å². The van der Waals surface area contributed by atoms with Crippen molar-refractivity contribution in [2.75, 3.05) is 0 Å². The van der Waals surface area contributed by atoms with Gasteiger partial charge < -0.3 is 0 Å². The summed E-state index contributed by atoms with van der Waals surface area (Å²) in [4.78, 5) is 10.2. The Labute approximate surface area is 113 Å². The summed E-state index contributed by atoms with van der Waals surface area (Å²) in [6, 6.07) is 15.7. The minimum Gasteiger partial charge on any atom is -0.258 e. The van der Waals surface area contributed by atoms with E-state index in [1.54, 1.807) is 16.8 Å². The van der Waals surface area contributed by atoms with Crippen molar-refractivity contribution in [1.29, 1.82) is 0 Å². The monoisotopic (exact) mass is 268 g/mol. The fourth-order valence-electron chi connectivity index (χ4n) is 1.88. The molecule has 20 heavy (non-hydrogen) atoms. The highest BCUT2D eigenvalue weighted by molar-refractivity contribution is 5.51. The second kappa shape index (κ2) is 4.88. The second-order valence-electron chi connectivity index (χ2n) is 4.10. The first-order valence-electron chi connectivity index (χ1n) is 5.89. The lowest BCUT2D eigenvalue weighted by Gasteiger charge is -1.98. The minimum absolute atomic E-state index is 0.0445. The lowest BCUT2D eigenvalue weighted by Crippen LogP contribution is -2.35. The highest BCUT2D eigenvalue weighted by Crippen LogP contribution is 2.15. The summed E-state index contributed by atoms with van der Waals surface area (Å²) in [5, 5.41) is 21.2. The maximum absolute atomic E-state index is 10.7. The summed E-state index contributed by atoms with van der Waals surface area (Å²) in [5.74, 6) is 0.638. The third kappa shape index (κ3) is 2.12. The Balaban J connectivity index is 2.04. The molecule has 0 aliphatic rings. The average molecular weight is 268 g/mol. The Morgan fingerprint density at radius 2 is 1.75 bits per heavy atom. The van der Waals surface area contributed by atoms with Gasteiger partial charge in [-0.2, -0.15) is 0 Å². The third-order valence-electron chi connectivity index (χ3n) is 2.85. The molecule has 1 N–H and O–H groups in total. The van der Waals surface area contributed by atoms with Crippen LogP contribution in [0.15, 0.2) is 54.6 Å². The van der Waals surface area contributed by atoms with Gasteiger partial charge in [-0.1, -0.05) is 23.4 Å². The number of hydrogen-bond acceptors (Lipinski definition) is 4. The number of H-pyrrole nitrogens is 1. The summed E-state index contributed by atoms with van der Waals surface area (Å²) in [6.07, 6.45) is 0. The number of rotatable bonds is 3. The molecule has 0 aliphatic heterocycles. The number of tetrazole rings is 1. The maximum atomic E-state index is 10.7. The van der Waals surface area contributed by atoms with E-state index in [9.17, 15) is 10.1 Å². The molecule has 0 atom stereocenters. The van der Waals surface area contributed by atoms with Gasteiger partial charge >= 0.3 is 5.82 Å². The van der Waals surface area contributed by atoms with E-state index >= 15 is 0 Å². The molecule has 0 unspecified atom stereocenters. The molecule has 2 aromatic carbocycles. The number of nitrogens with one attached hydrogen (secondary N) is 1. The number of hydrogen-bond donors (Lipinski definition) is 1. The predicted octanol–water partition coefficient (Wildman–Crippen LogP) is 1.66. The van der Waals surface area contributed by atoms with Crippen molar-refractivity contribution in [2.45, 2.75) is 0 Å². The molecule has 0 saturated heterocycles. The van der Waals surface area contributed by atoms with Crippen molar-refractivity contribution in [1.82, 2.24) is 15.5 Å². The molecule has 98 valence electrons. The van der Waals surface area contributed by atoms with Crippen molar-refractivity contribution in [2.24, 2.45) is 0 Å². The normalized spacial score (nSPS) is 10.4. The Bertz CT molecular complexity index is 737. The Kier molecular flexibility index (Phi) is 2.92. The van der Waals surface area contributed by atoms with Crippen LogP contribution in [0.5, 0.6) is 0 Å². The van der Waals surface area contributed by atoms with Crippen LogP contribution in [-0.2, 0) is 0 Å². The van der Waals surface area contributed by atoms with E-state index in [4.69, 9.17) is 0 Å². The lowest BCUT2D eigenvalue weighted by molar-refractivity contribution is -0.649. The zero-order valence-electron chi connectivity index (χ0n) is 10.3. The van der Waals surface area contributed by atoms with E-state index in [-0.39, 0.29) is 5.69 Å². The molecule has 0 fully saturated rings. The Morgan fingerprint density at radius 1 is 1.05 bits per heavy atom. The standard InChI is InChI=1S/C13H9N5O2/c19-18(20)12-8-6-11(7-9-12)17-13(14-15-16-17)10-4-2-1-3-5-10/h1-9H/p+1. The van der Waals surface area contributed by atoms with E-state index in [1.165, 1.54) is 12.1 Å². The first-order chi connectivity index (χ1) is 9.75. The number of benzene rings is 2. The molecule has 7 nitrogen and oxygen atoms in total. The quantitative estimate of drug-likeness (QED) is 0.444. The number of nitrogens with zero attached hydrogens (tertiary/aromatic N) is 4. The molecule has 0 radical (unpaired) electrons. The molecular formula is C13H10N5O2+. The number of nitro benzene ring substituents is 1. The number of aromatic amines is 1. The first-order valence-corrected chi connectivity index (χ1v) is 5.89. The molecule has 3 rings (SSSR count). The van der Waals surface area contributed by atoms with Gasteiger partial charge in [0, 0.05) is 12.1 Å². The summed E-state index contributed by atoms with van der Waals surface area (Å²) in [6.45, 7) is 0. The molecule has 1 heterocycles. The lowest BCUT2D eigenvalue weighted by atomic mass is 10.2. The van der Waals surface area contributed by atoms with E-state index in [1.807, 2.05) is 30.3 Å². The highest BCUT2D eigenvalue weighted by Gasteiger charge is 2.18. The van der Waals surface area contributed by atoms with Crippen LogP contribution in [0.4, 0.5) is 5.69 Å². The summed E-state index contributed by atoms with van der Waals surface area (Å²) < 4.78 is 1.67. The van der Waals surface area contributed by atoms with Crippen LogP contribution < -0.4 is 4.68 Å². The van der Waals surface area contributed by atoms with Crippen LogP contribution in [0.3, 0.4) is 0 Å². The van der Waals surface area contributed by atoms with E-state index in [0.717, 1.165) is 11.3 Å². The van der Waals surface area contributed by atoms with Gasteiger partial charge in [0.05, 0.1) is 10.5 Å². The number of aromatic nitrogens is 4. The van der Waals surface area contributed by atoms with Gasteiger partial charge in [0.1, 0.15) is 10.8 Å². The number of nitro groups is 1. The minimum atomic E-state index is -0.433. The summed E-state index contributed by atoms with van der Waals surface area (Å²) >= 11 is 0. The molecular weight excluding hydrogens is 258 g/mol. The highest BCUT2D eigenvalue weighted by atomic mass is 16.6. The van der Waals surface area contributed by atoms with Crippen LogP contribution in [0.2, 0.25) is 0 Å². The van der Waals surface area contributed by atoms with E-state index in [0.29, 0.717) is 5.82 Å². The fourth-order valence-corrected chi connectivity index (χ4v) is 1.88. The zero-order valence-corrected chi connectivity index (χ0v) is 10.3. The summed E-state index contributed by atoms with van der Waals surface area (Å²) in [7, 11) is 0. The van der Waals surface area contributed by atoms with Gasteiger partial charge in [0.25, 0.3) is 5.69 Å². The molecule has 1 aromatic heterocycles. The smallest absolute Gasteiger partial charge is 0.258 e. The molecule has 7 heteroatoms. The van der Waals surface area contributed by atoms with Gasteiger partial charge in [0.2, 0.25) is 0 Å². The van der Waals surface area contributed by atoms with Crippen LogP contribution in [-0.4, -0.2) is 20.4 Å². The largest absolute Gasteiger partial charge is 0.337 e. The van der Waals surface area contributed by atoms with Gasteiger partial charge in [-0.05, 0) is 24.3 Å². The van der Waals surface area contributed by atoms with Gasteiger partial charge in [-0.15, -0.1) is 4.68 Å². The van der Waals surface area contributed by atoms with E-state index in [2.05, 4.69) is 15.5 Å². The van der Waals surface area contributed by atoms with Gasteiger partial charge in [0.15, 0.2) is 5.21 Å². The third-order valence-corrected chi connectivity index (χ3v) is 2.85. The number of non-ortho nitro benzene ring substituents is 1. The average Bonchev–Trinajstić information content (AvgIpc) is 2.97.